The number of pyridine rings is 1. The number of amides is 1. The molecule has 2 heterocycles. The van der Waals surface area contributed by atoms with Crippen LogP contribution in [-0.4, -0.2) is 30.1 Å². The van der Waals surface area contributed by atoms with Crippen LogP contribution in [0.25, 0.3) is 0 Å². The van der Waals surface area contributed by atoms with Crippen LogP contribution in [0.4, 0.5) is 4.79 Å². The zero-order valence-corrected chi connectivity index (χ0v) is 15.3. The van der Waals surface area contributed by atoms with Crippen LogP contribution in [-0.2, 0) is 26.4 Å². The third-order valence-electron chi connectivity index (χ3n) is 4.29. The zero-order valence-electron chi connectivity index (χ0n) is 15.3. The SMILES string of the molecule is Cc1ccc(C2(NC(=O)OCc3ccccc3)COC(C)(C)OC2)nc1. The van der Waals surface area contributed by atoms with Crippen molar-refractivity contribution in [3.05, 3.63) is 65.5 Å². The Labute approximate surface area is 153 Å². The molecule has 138 valence electrons. The highest BCUT2D eigenvalue weighted by Crippen LogP contribution is 2.30. The van der Waals surface area contributed by atoms with E-state index in [0.717, 1.165) is 11.1 Å². The fourth-order valence-corrected chi connectivity index (χ4v) is 2.67. The van der Waals surface area contributed by atoms with Crippen molar-refractivity contribution in [2.24, 2.45) is 0 Å². The van der Waals surface area contributed by atoms with Gasteiger partial charge < -0.3 is 19.5 Å². The van der Waals surface area contributed by atoms with Gasteiger partial charge in [0.15, 0.2) is 5.79 Å². The van der Waals surface area contributed by atoms with Crippen molar-refractivity contribution >= 4 is 6.09 Å². The number of rotatable bonds is 4. The van der Waals surface area contributed by atoms with Gasteiger partial charge >= 0.3 is 6.09 Å². The molecule has 1 aliphatic heterocycles. The highest BCUT2D eigenvalue weighted by molar-refractivity contribution is 5.68. The van der Waals surface area contributed by atoms with Gasteiger partial charge in [0, 0.05) is 6.20 Å². The number of benzene rings is 1. The van der Waals surface area contributed by atoms with Gasteiger partial charge in [-0.1, -0.05) is 36.4 Å². The summed E-state index contributed by atoms with van der Waals surface area (Å²) >= 11 is 0. The van der Waals surface area contributed by atoms with Gasteiger partial charge in [0.1, 0.15) is 12.1 Å². The molecule has 0 aliphatic carbocycles. The van der Waals surface area contributed by atoms with Crippen molar-refractivity contribution < 1.29 is 19.0 Å². The van der Waals surface area contributed by atoms with E-state index in [1.807, 2.05) is 63.2 Å². The number of alkyl carbamates (subject to hydrolysis) is 1. The lowest BCUT2D eigenvalue weighted by Crippen LogP contribution is -2.59. The topological polar surface area (TPSA) is 69.7 Å². The highest BCUT2D eigenvalue weighted by atomic mass is 16.7. The maximum Gasteiger partial charge on any atom is 0.408 e. The van der Waals surface area contributed by atoms with Crippen LogP contribution in [0.5, 0.6) is 0 Å². The summed E-state index contributed by atoms with van der Waals surface area (Å²) in [5.41, 5.74) is 1.74. The third-order valence-corrected chi connectivity index (χ3v) is 4.29. The van der Waals surface area contributed by atoms with Crippen molar-refractivity contribution in [1.29, 1.82) is 0 Å². The Balaban J connectivity index is 1.73. The molecule has 1 amide bonds. The number of aryl methyl sites for hydroxylation is 1. The molecule has 0 spiro atoms. The maximum atomic E-state index is 12.4. The van der Waals surface area contributed by atoms with E-state index >= 15 is 0 Å². The second-order valence-corrected chi connectivity index (χ2v) is 6.97. The molecule has 26 heavy (non-hydrogen) atoms. The average molecular weight is 356 g/mol. The fraction of sp³-hybridized carbons (Fsp3) is 0.400. The molecular formula is C20H24N2O4. The Bertz CT molecular complexity index is 734. The van der Waals surface area contributed by atoms with Crippen molar-refractivity contribution in [3.8, 4) is 0 Å². The van der Waals surface area contributed by atoms with Gasteiger partial charge in [-0.2, -0.15) is 0 Å². The summed E-state index contributed by atoms with van der Waals surface area (Å²) in [6.07, 6.45) is 1.22. The second-order valence-electron chi connectivity index (χ2n) is 6.97. The lowest BCUT2D eigenvalue weighted by Gasteiger charge is -2.43. The van der Waals surface area contributed by atoms with Crippen LogP contribution < -0.4 is 5.32 Å². The van der Waals surface area contributed by atoms with E-state index in [-0.39, 0.29) is 19.8 Å². The number of hydrogen-bond donors (Lipinski definition) is 1. The number of carbonyl (C=O) groups is 1. The van der Waals surface area contributed by atoms with Crippen LogP contribution in [0.3, 0.4) is 0 Å². The van der Waals surface area contributed by atoms with Crippen LogP contribution in [0.2, 0.25) is 0 Å². The summed E-state index contributed by atoms with van der Waals surface area (Å²) in [5, 5.41) is 2.90. The predicted octanol–water partition coefficient (Wildman–Crippen LogP) is 3.29. The minimum atomic E-state index is -0.892. The molecule has 1 saturated heterocycles. The molecule has 3 rings (SSSR count). The molecule has 1 N–H and O–H groups in total. The first-order valence-electron chi connectivity index (χ1n) is 8.59. The Kier molecular flexibility index (Phi) is 5.25. The minimum absolute atomic E-state index is 0.192. The molecule has 0 saturated carbocycles. The molecule has 0 atom stereocenters. The Morgan fingerprint density at radius 2 is 1.85 bits per heavy atom. The molecule has 0 radical (unpaired) electrons. The molecule has 1 aromatic carbocycles. The van der Waals surface area contributed by atoms with Crippen LogP contribution in [0, 0.1) is 6.92 Å². The smallest absolute Gasteiger partial charge is 0.408 e. The van der Waals surface area contributed by atoms with E-state index in [0.29, 0.717) is 5.69 Å². The largest absolute Gasteiger partial charge is 0.445 e. The summed E-state index contributed by atoms with van der Waals surface area (Å²) < 4.78 is 17.0. The summed E-state index contributed by atoms with van der Waals surface area (Å²) in [4.78, 5) is 16.9. The summed E-state index contributed by atoms with van der Waals surface area (Å²) in [6.45, 7) is 6.33. The number of hydrogen-bond acceptors (Lipinski definition) is 5. The van der Waals surface area contributed by atoms with Crippen molar-refractivity contribution in [2.75, 3.05) is 13.2 Å². The number of carbonyl (C=O) groups excluding carboxylic acids is 1. The molecule has 1 fully saturated rings. The number of ether oxygens (including phenoxy) is 3. The van der Waals surface area contributed by atoms with E-state index in [4.69, 9.17) is 14.2 Å². The van der Waals surface area contributed by atoms with Crippen molar-refractivity contribution in [2.45, 2.75) is 38.7 Å². The maximum absolute atomic E-state index is 12.4. The molecule has 6 nitrogen and oxygen atoms in total. The normalized spacial score (nSPS) is 18.1. The van der Waals surface area contributed by atoms with Gasteiger partial charge in [-0.3, -0.25) is 4.98 Å². The van der Waals surface area contributed by atoms with E-state index in [2.05, 4.69) is 10.3 Å². The minimum Gasteiger partial charge on any atom is -0.445 e. The van der Waals surface area contributed by atoms with Gasteiger partial charge in [0.2, 0.25) is 0 Å². The van der Waals surface area contributed by atoms with E-state index in [9.17, 15) is 4.79 Å². The van der Waals surface area contributed by atoms with E-state index < -0.39 is 17.4 Å². The van der Waals surface area contributed by atoms with Crippen LogP contribution in [0.1, 0.15) is 30.7 Å². The van der Waals surface area contributed by atoms with E-state index in [1.54, 1.807) is 6.20 Å². The Morgan fingerprint density at radius 3 is 2.46 bits per heavy atom. The number of nitrogens with zero attached hydrogens (tertiary/aromatic N) is 1. The molecule has 0 unspecified atom stereocenters. The zero-order chi connectivity index (χ0) is 18.6. The predicted molar refractivity (Wildman–Crippen MR) is 96.4 cm³/mol. The number of nitrogens with one attached hydrogen (secondary N) is 1. The molecule has 0 bridgehead atoms. The highest BCUT2D eigenvalue weighted by Gasteiger charge is 2.44. The monoisotopic (exact) mass is 356 g/mol. The van der Waals surface area contributed by atoms with Gasteiger partial charge in [-0.15, -0.1) is 0 Å². The van der Waals surface area contributed by atoms with Crippen LogP contribution >= 0.6 is 0 Å². The molecule has 2 aromatic rings. The lowest BCUT2D eigenvalue weighted by molar-refractivity contribution is -0.273. The third kappa shape index (κ3) is 4.39. The standard InChI is InChI=1S/C20H24N2O4/c1-15-9-10-17(21-11-15)20(13-25-19(2,3)26-14-20)22-18(23)24-12-16-7-5-4-6-8-16/h4-11H,12-14H2,1-3H3,(H,22,23). The molecule has 1 aliphatic rings. The molecule has 1 aromatic heterocycles. The van der Waals surface area contributed by atoms with Gasteiger partial charge in [0.05, 0.1) is 18.9 Å². The van der Waals surface area contributed by atoms with Crippen molar-refractivity contribution in [1.82, 2.24) is 10.3 Å². The first-order valence-corrected chi connectivity index (χ1v) is 8.59. The lowest BCUT2D eigenvalue weighted by atomic mass is 9.95. The fourth-order valence-electron chi connectivity index (χ4n) is 2.67. The Hall–Kier alpha value is -2.44. The van der Waals surface area contributed by atoms with Crippen molar-refractivity contribution in [3.63, 3.8) is 0 Å². The quantitative estimate of drug-likeness (QED) is 0.910. The second kappa shape index (κ2) is 7.43. The first-order chi connectivity index (χ1) is 12.4. The summed E-state index contributed by atoms with van der Waals surface area (Å²) in [5.74, 6) is -0.705. The average Bonchev–Trinajstić information content (AvgIpc) is 2.64. The first kappa shape index (κ1) is 18.4. The molecular weight excluding hydrogens is 332 g/mol. The van der Waals surface area contributed by atoms with Gasteiger partial charge in [0.25, 0.3) is 0 Å². The van der Waals surface area contributed by atoms with E-state index in [1.165, 1.54) is 0 Å². The molecule has 6 heteroatoms. The van der Waals surface area contributed by atoms with Gasteiger partial charge in [-0.25, -0.2) is 4.79 Å². The summed E-state index contributed by atoms with van der Waals surface area (Å²) in [7, 11) is 0. The van der Waals surface area contributed by atoms with Crippen LogP contribution in [0.15, 0.2) is 48.7 Å². The Morgan fingerprint density at radius 1 is 1.15 bits per heavy atom. The number of aromatic nitrogens is 1. The van der Waals surface area contributed by atoms with Gasteiger partial charge in [-0.05, 0) is 38.0 Å². The summed E-state index contributed by atoms with van der Waals surface area (Å²) in [6, 6.07) is 13.3.